The summed E-state index contributed by atoms with van der Waals surface area (Å²) in [7, 11) is -4.61. The number of amides is 2. The number of hydroxylamine groups is 1. The Labute approximate surface area is 253 Å². The average Bonchev–Trinajstić information content (AvgIpc) is 2.92. The standard InChI is InChI=1S/C30H32F3N3O7S/c1-19-8-10-20(11-9-19)18-41-35-27(37)16-23-17-36(44(39,40)24-7-5-6-21(14-24)30(31,32)33)25-15-22(12-13-26(25)42-23)34-28(38)43-29(2,3)4/h5-15,23H,16-18H2,1-4H3,(H,34,38)(H,35,37). The van der Waals surface area contributed by atoms with E-state index >= 15 is 0 Å². The molecule has 1 unspecified atom stereocenters. The number of rotatable bonds is 8. The Morgan fingerprint density at radius 2 is 1.73 bits per heavy atom. The van der Waals surface area contributed by atoms with Gasteiger partial charge in [0.15, 0.2) is 0 Å². The van der Waals surface area contributed by atoms with Gasteiger partial charge in [-0.15, -0.1) is 0 Å². The zero-order valence-corrected chi connectivity index (χ0v) is 25.2. The van der Waals surface area contributed by atoms with Crippen LogP contribution < -0.4 is 19.8 Å². The van der Waals surface area contributed by atoms with Gasteiger partial charge in [0, 0.05) is 5.69 Å². The lowest BCUT2D eigenvalue weighted by Crippen LogP contribution is -2.45. The molecule has 0 bridgehead atoms. The Bertz CT molecular complexity index is 1620. The van der Waals surface area contributed by atoms with Crippen LogP contribution in [-0.4, -0.2) is 38.7 Å². The summed E-state index contributed by atoms with van der Waals surface area (Å²) in [4.78, 5) is 29.7. The molecule has 1 heterocycles. The van der Waals surface area contributed by atoms with Gasteiger partial charge in [0.2, 0.25) is 5.91 Å². The van der Waals surface area contributed by atoms with Crippen LogP contribution in [0.3, 0.4) is 0 Å². The van der Waals surface area contributed by atoms with Crippen molar-refractivity contribution in [2.24, 2.45) is 0 Å². The largest absolute Gasteiger partial charge is 0.486 e. The number of anilines is 2. The predicted molar refractivity (Wildman–Crippen MR) is 155 cm³/mol. The molecule has 14 heteroatoms. The van der Waals surface area contributed by atoms with Gasteiger partial charge >= 0.3 is 12.3 Å². The molecule has 0 aliphatic carbocycles. The second-order valence-electron chi connectivity index (χ2n) is 11.1. The van der Waals surface area contributed by atoms with Crippen LogP contribution in [0, 0.1) is 6.92 Å². The number of carbonyl (C=O) groups is 2. The van der Waals surface area contributed by atoms with Crippen molar-refractivity contribution in [2.45, 2.75) is 63.5 Å². The van der Waals surface area contributed by atoms with Gasteiger partial charge in [0.1, 0.15) is 17.5 Å². The summed E-state index contributed by atoms with van der Waals surface area (Å²) in [5, 5.41) is 2.50. The minimum atomic E-state index is -4.78. The molecule has 0 saturated heterocycles. The fourth-order valence-corrected chi connectivity index (χ4v) is 5.78. The van der Waals surface area contributed by atoms with Crippen molar-refractivity contribution in [2.75, 3.05) is 16.2 Å². The van der Waals surface area contributed by atoms with E-state index in [0.29, 0.717) is 6.07 Å². The van der Waals surface area contributed by atoms with Crippen molar-refractivity contribution >= 4 is 33.4 Å². The molecule has 4 rings (SSSR count). The third-order valence-corrected chi connectivity index (χ3v) is 8.02. The zero-order chi connectivity index (χ0) is 32.3. The maximum absolute atomic E-state index is 13.8. The third-order valence-electron chi connectivity index (χ3n) is 6.24. The van der Waals surface area contributed by atoms with Crippen LogP contribution in [0.2, 0.25) is 0 Å². The molecular formula is C30H32F3N3O7S. The van der Waals surface area contributed by atoms with E-state index in [-0.39, 0.29) is 30.2 Å². The van der Waals surface area contributed by atoms with E-state index in [1.54, 1.807) is 20.8 Å². The summed E-state index contributed by atoms with van der Waals surface area (Å²) in [6, 6.07) is 14.9. The SMILES string of the molecule is Cc1ccc(CONC(=O)CC2CN(S(=O)(=O)c3cccc(C(F)(F)F)c3)c3cc(NC(=O)OC(C)(C)C)ccc3O2)cc1. The van der Waals surface area contributed by atoms with Gasteiger partial charge in [-0.3, -0.25) is 19.3 Å². The molecule has 44 heavy (non-hydrogen) atoms. The van der Waals surface area contributed by atoms with Crippen LogP contribution in [0.5, 0.6) is 5.75 Å². The normalized spacial score (nSPS) is 15.2. The van der Waals surface area contributed by atoms with Gasteiger partial charge < -0.3 is 9.47 Å². The van der Waals surface area contributed by atoms with Crippen LogP contribution in [0.1, 0.15) is 43.9 Å². The van der Waals surface area contributed by atoms with Crippen molar-refractivity contribution in [3.8, 4) is 5.75 Å². The number of hydrogen-bond donors (Lipinski definition) is 2. The fraction of sp³-hybridized carbons (Fsp3) is 0.333. The van der Waals surface area contributed by atoms with E-state index in [0.717, 1.165) is 33.6 Å². The first-order valence-corrected chi connectivity index (χ1v) is 14.9. The second kappa shape index (κ2) is 12.7. The molecule has 0 spiro atoms. The zero-order valence-electron chi connectivity index (χ0n) is 24.4. The second-order valence-corrected chi connectivity index (χ2v) is 13.0. The van der Waals surface area contributed by atoms with E-state index < -0.39 is 56.9 Å². The molecule has 3 aromatic carbocycles. The summed E-state index contributed by atoms with van der Waals surface area (Å²) in [6.45, 7) is 6.60. The number of alkyl halides is 3. The Kier molecular flexibility index (Phi) is 9.44. The molecule has 236 valence electrons. The number of benzene rings is 3. The predicted octanol–water partition coefficient (Wildman–Crippen LogP) is 5.96. The monoisotopic (exact) mass is 635 g/mol. The first-order chi connectivity index (χ1) is 20.5. The third kappa shape index (κ3) is 8.41. The summed E-state index contributed by atoms with van der Waals surface area (Å²) in [5.41, 5.74) is 2.32. The number of hydrogen-bond acceptors (Lipinski definition) is 7. The number of nitrogens with zero attached hydrogens (tertiary/aromatic N) is 1. The van der Waals surface area contributed by atoms with Crippen LogP contribution in [-0.2, 0) is 37.2 Å². The molecule has 1 aliphatic rings. The first-order valence-electron chi connectivity index (χ1n) is 13.5. The molecule has 0 radical (unpaired) electrons. The Morgan fingerprint density at radius 1 is 1.02 bits per heavy atom. The summed E-state index contributed by atoms with van der Waals surface area (Å²) in [5.74, 6) is -0.579. The van der Waals surface area contributed by atoms with E-state index in [2.05, 4.69) is 10.8 Å². The van der Waals surface area contributed by atoms with Gasteiger partial charge in [-0.1, -0.05) is 35.9 Å². The van der Waals surface area contributed by atoms with Crippen molar-refractivity contribution in [1.82, 2.24) is 5.48 Å². The maximum atomic E-state index is 13.8. The van der Waals surface area contributed by atoms with Gasteiger partial charge in [-0.25, -0.2) is 18.7 Å². The molecule has 2 amide bonds. The highest BCUT2D eigenvalue weighted by Gasteiger charge is 2.38. The van der Waals surface area contributed by atoms with Gasteiger partial charge in [-0.2, -0.15) is 13.2 Å². The van der Waals surface area contributed by atoms with Gasteiger partial charge in [0.05, 0.1) is 35.7 Å². The van der Waals surface area contributed by atoms with Crippen molar-refractivity contribution < 1.29 is 45.5 Å². The number of ether oxygens (including phenoxy) is 2. The number of nitrogens with one attached hydrogen (secondary N) is 2. The topological polar surface area (TPSA) is 123 Å². The van der Waals surface area contributed by atoms with Crippen molar-refractivity contribution in [1.29, 1.82) is 0 Å². The lowest BCUT2D eigenvalue weighted by Gasteiger charge is -2.35. The molecule has 0 fully saturated rings. The number of halogens is 3. The first kappa shape index (κ1) is 32.6. The number of fused-ring (bicyclic) bond motifs is 1. The number of carbonyl (C=O) groups excluding carboxylic acids is 2. The van der Waals surface area contributed by atoms with Crippen LogP contribution in [0.4, 0.5) is 29.3 Å². The number of sulfonamides is 1. The average molecular weight is 636 g/mol. The lowest BCUT2D eigenvalue weighted by atomic mass is 10.1. The van der Waals surface area contributed by atoms with Crippen LogP contribution in [0.15, 0.2) is 71.6 Å². The van der Waals surface area contributed by atoms with Crippen molar-refractivity contribution in [3.63, 3.8) is 0 Å². The van der Waals surface area contributed by atoms with Crippen LogP contribution >= 0.6 is 0 Å². The van der Waals surface area contributed by atoms with Gasteiger partial charge in [0.25, 0.3) is 10.0 Å². The highest BCUT2D eigenvalue weighted by molar-refractivity contribution is 7.92. The van der Waals surface area contributed by atoms with E-state index in [9.17, 15) is 31.2 Å². The van der Waals surface area contributed by atoms with E-state index in [1.165, 1.54) is 18.2 Å². The minimum Gasteiger partial charge on any atom is -0.486 e. The maximum Gasteiger partial charge on any atom is 0.416 e. The summed E-state index contributed by atoms with van der Waals surface area (Å²) >= 11 is 0. The smallest absolute Gasteiger partial charge is 0.416 e. The molecule has 1 aliphatic heterocycles. The van der Waals surface area contributed by atoms with Gasteiger partial charge in [-0.05, 0) is 69.7 Å². The molecular weight excluding hydrogens is 603 g/mol. The Hall–Kier alpha value is -4.30. The van der Waals surface area contributed by atoms with Crippen LogP contribution in [0.25, 0.3) is 0 Å². The minimum absolute atomic E-state index is 0.0277. The molecule has 0 aromatic heterocycles. The summed E-state index contributed by atoms with van der Waals surface area (Å²) in [6.07, 6.45) is -6.95. The number of aryl methyl sites for hydroxylation is 1. The molecule has 0 saturated carbocycles. The fourth-order valence-electron chi connectivity index (χ4n) is 4.24. The highest BCUT2D eigenvalue weighted by atomic mass is 32.2. The highest BCUT2D eigenvalue weighted by Crippen LogP contribution is 2.40. The Balaban J connectivity index is 1.59. The van der Waals surface area contributed by atoms with E-state index in [4.69, 9.17) is 14.3 Å². The molecule has 1 atom stereocenters. The van der Waals surface area contributed by atoms with E-state index in [1.807, 2.05) is 31.2 Å². The molecule has 3 aromatic rings. The Morgan fingerprint density at radius 3 is 2.39 bits per heavy atom. The van der Waals surface area contributed by atoms with Crippen molar-refractivity contribution in [3.05, 3.63) is 83.4 Å². The molecule has 10 nitrogen and oxygen atoms in total. The molecule has 2 N–H and O–H groups in total. The lowest BCUT2D eigenvalue weighted by molar-refractivity contribution is -0.138. The quantitative estimate of drug-likeness (QED) is 0.293. The summed E-state index contributed by atoms with van der Waals surface area (Å²) < 4.78 is 79.9.